The molecule has 0 spiro atoms. The second kappa shape index (κ2) is 11.0. The average molecular weight is 489 g/mol. The van der Waals surface area contributed by atoms with E-state index in [1.54, 1.807) is 0 Å². The number of alkyl carbamates (subject to hydrolysis) is 1. The van der Waals surface area contributed by atoms with E-state index in [4.69, 9.17) is 9.84 Å². The van der Waals surface area contributed by atoms with E-state index in [1.165, 1.54) is 0 Å². The SMILES string of the molecule is CCC(CC)C(CN(CC(=O)O)S(C)(=O)=O)NC(=O)OCC1c2ccccc2-c2ccccc21. The Morgan fingerprint density at radius 3 is 2.03 bits per heavy atom. The maximum absolute atomic E-state index is 12.8. The van der Waals surface area contributed by atoms with Crippen LogP contribution in [-0.4, -0.2) is 61.9 Å². The van der Waals surface area contributed by atoms with Crippen LogP contribution in [0, 0.1) is 5.92 Å². The van der Waals surface area contributed by atoms with Gasteiger partial charge in [0.05, 0.1) is 6.26 Å². The highest BCUT2D eigenvalue weighted by atomic mass is 32.2. The molecule has 0 aliphatic heterocycles. The molecular formula is C25H32N2O6S. The van der Waals surface area contributed by atoms with Gasteiger partial charge in [0, 0.05) is 18.5 Å². The summed E-state index contributed by atoms with van der Waals surface area (Å²) in [6.45, 7) is 3.23. The van der Waals surface area contributed by atoms with Gasteiger partial charge < -0.3 is 15.2 Å². The first-order chi connectivity index (χ1) is 16.2. The van der Waals surface area contributed by atoms with Crippen molar-refractivity contribution in [3.63, 3.8) is 0 Å². The summed E-state index contributed by atoms with van der Waals surface area (Å²) in [7, 11) is -3.77. The summed E-state index contributed by atoms with van der Waals surface area (Å²) in [6.07, 6.45) is 1.70. The summed E-state index contributed by atoms with van der Waals surface area (Å²) < 4.78 is 30.8. The van der Waals surface area contributed by atoms with Crippen molar-refractivity contribution < 1.29 is 27.9 Å². The predicted molar refractivity (Wildman–Crippen MR) is 130 cm³/mol. The monoisotopic (exact) mass is 488 g/mol. The van der Waals surface area contributed by atoms with Gasteiger partial charge in [0.25, 0.3) is 0 Å². The van der Waals surface area contributed by atoms with Crippen LogP contribution in [0.4, 0.5) is 4.79 Å². The number of benzene rings is 2. The van der Waals surface area contributed by atoms with Crippen LogP contribution in [0.15, 0.2) is 48.5 Å². The van der Waals surface area contributed by atoms with Gasteiger partial charge in [-0.15, -0.1) is 0 Å². The molecule has 8 nitrogen and oxygen atoms in total. The minimum atomic E-state index is -3.77. The number of carboxylic acids is 1. The van der Waals surface area contributed by atoms with Crippen molar-refractivity contribution in [2.45, 2.75) is 38.6 Å². The maximum atomic E-state index is 12.8. The molecule has 1 atom stereocenters. The van der Waals surface area contributed by atoms with Gasteiger partial charge in [-0.25, -0.2) is 13.2 Å². The molecule has 2 aromatic carbocycles. The first-order valence-electron chi connectivity index (χ1n) is 11.4. The van der Waals surface area contributed by atoms with Gasteiger partial charge in [-0.2, -0.15) is 4.31 Å². The minimum absolute atomic E-state index is 0.0430. The smallest absolute Gasteiger partial charge is 0.407 e. The third kappa shape index (κ3) is 5.95. The first kappa shape index (κ1) is 25.7. The second-order valence-electron chi connectivity index (χ2n) is 8.60. The zero-order valence-corrected chi connectivity index (χ0v) is 20.5. The molecule has 0 aromatic heterocycles. The molecule has 0 radical (unpaired) electrons. The number of rotatable bonds is 11. The lowest BCUT2D eigenvalue weighted by Gasteiger charge is -2.30. The Morgan fingerprint density at radius 2 is 1.56 bits per heavy atom. The van der Waals surface area contributed by atoms with E-state index in [0.717, 1.165) is 32.8 Å². The summed E-state index contributed by atoms with van der Waals surface area (Å²) in [5, 5.41) is 11.9. The van der Waals surface area contributed by atoms with Gasteiger partial charge >= 0.3 is 12.1 Å². The van der Waals surface area contributed by atoms with E-state index >= 15 is 0 Å². The van der Waals surface area contributed by atoms with E-state index < -0.39 is 34.7 Å². The number of hydrogen-bond acceptors (Lipinski definition) is 5. The van der Waals surface area contributed by atoms with Crippen molar-refractivity contribution >= 4 is 22.1 Å². The minimum Gasteiger partial charge on any atom is -0.480 e. The van der Waals surface area contributed by atoms with Crippen LogP contribution in [0.3, 0.4) is 0 Å². The standard InChI is InChI=1S/C25H32N2O6S/c1-4-17(5-2)23(14-27(15-24(28)29)34(3,31)32)26-25(30)33-16-22-20-12-8-6-10-18(20)19-11-7-9-13-21(19)22/h6-13,17,22-23H,4-5,14-16H2,1-3H3,(H,26,30)(H,28,29). The van der Waals surface area contributed by atoms with Crippen molar-refractivity contribution in [3.05, 3.63) is 59.7 Å². The Labute approximate surface area is 201 Å². The largest absolute Gasteiger partial charge is 0.480 e. The summed E-state index contributed by atoms with van der Waals surface area (Å²) in [5.41, 5.74) is 4.44. The number of sulfonamides is 1. The molecule has 1 unspecified atom stereocenters. The molecule has 2 N–H and O–H groups in total. The predicted octanol–water partition coefficient (Wildman–Crippen LogP) is 3.68. The normalized spacial score (nSPS) is 14.0. The summed E-state index contributed by atoms with van der Waals surface area (Å²) in [5.74, 6) is -1.39. The van der Waals surface area contributed by atoms with Crippen molar-refractivity contribution in [1.82, 2.24) is 9.62 Å². The number of carboxylic acid groups (broad SMARTS) is 1. The third-order valence-corrected chi connectivity index (χ3v) is 7.66. The first-order valence-corrected chi connectivity index (χ1v) is 13.3. The van der Waals surface area contributed by atoms with E-state index in [1.807, 2.05) is 50.2 Å². The molecule has 0 fully saturated rings. The Morgan fingerprint density at radius 1 is 1.03 bits per heavy atom. The molecule has 0 saturated carbocycles. The highest BCUT2D eigenvalue weighted by Crippen LogP contribution is 2.44. The van der Waals surface area contributed by atoms with Gasteiger partial charge in [-0.3, -0.25) is 4.79 Å². The number of carbonyl (C=O) groups excluding carboxylic acids is 1. The Balaban J connectivity index is 1.73. The van der Waals surface area contributed by atoms with E-state index in [0.29, 0.717) is 12.8 Å². The number of hydrogen-bond donors (Lipinski definition) is 2. The molecule has 1 amide bonds. The zero-order chi connectivity index (χ0) is 24.9. The summed E-state index contributed by atoms with van der Waals surface area (Å²) in [6, 6.07) is 15.5. The second-order valence-corrected chi connectivity index (χ2v) is 10.6. The zero-order valence-electron chi connectivity index (χ0n) is 19.7. The van der Waals surface area contributed by atoms with Crippen LogP contribution in [0.1, 0.15) is 43.7 Å². The molecule has 3 rings (SSSR count). The van der Waals surface area contributed by atoms with Crippen LogP contribution >= 0.6 is 0 Å². The number of aliphatic carboxylic acids is 1. The fraction of sp³-hybridized carbons (Fsp3) is 0.440. The Bertz CT molecular complexity index is 1080. The van der Waals surface area contributed by atoms with Crippen molar-refractivity contribution in [2.24, 2.45) is 5.92 Å². The third-order valence-electron chi connectivity index (χ3n) is 6.45. The van der Waals surface area contributed by atoms with Crippen LogP contribution in [0.25, 0.3) is 11.1 Å². The number of fused-ring (bicyclic) bond motifs is 3. The number of nitrogens with zero attached hydrogens (tertiary/aromatic N) is 1. The van der Waals surface area contributed by atoms with Crippen molar-refractivity contribution in [1.29, 1.82) is 0 Å². The average Bonchev–Trinajstić information content (AvgIpc) is 3.11. The molecule has 1 aliphatic carbocycles. The maximum Gasteiger partial charge on any atom is 0.407 e. The lowest BCUT2D eigenvalue weighted by Crippen LogP contribution is -2.50. The van der Waals surface area contributed by atoms with E-state index in [2.05, 4.69) is 17.4 Å². The summed E-state index contributed by atoms with van der Waals surface area (Å²) >= 11 is 0. The fourth-order valence-corrected chi connectivity index (χ4v) is 5.43. The Hall–Kier alpha value is -2.91. The molecule has 1 aliphatic rings. The van der Waals surface area contributed by atoms with Gasteiger partial charge in [-0.1, -0.05) is 75.2 Å². The van der Waals surface area contributed by atoms with Crippen LogP contribution < -0.4 is 5.32 Å². The lowest BCUT2D eigenvalue weighted by atomic mass is 9.94. The molecule has 0 saturated heterocycles. The molecule has 0 bridgehead atoms. The topological polar surface area (TPSA) is 113 Å². The highest BCUT2D eigenvalue weighted by molar-refractivity contribution is 7.88. The van der Waals surface area contributed by atoms with Gasteiger partial charge in [0.15, 0.2) is 0 Å². The quantitative estimate of drug-likeness (QED) is 0.499. The van der Waals surface area contributed by atoms with E-state index in [-0.39, 0.29) is 25.0 Å². The van der Waals surface area contributed by atoms with Gasteiger partial charge in [0.2, 0.25) is 10.0 Å². The van der Waals surface area contributed by atoms with Crippen LogP contribution in [0.2, 0.25) is 0 Å². The highest BCUT2D eigenvalue weighted by Gasteiger charge is 2.31. The van der Waals surface area contributed by atoms with Gasteiger partial charge in [0.1, 0.15) is 13.2 Å². The number of amides is 1. The lowest BCUT2D eigenvalue weighted by molar-refractivity contribution is -0.137. The molecule has 34 heavy (non-hydrogen) atoms. The van der Waals surface area contributed by atoms with Crippen molar-refractivity contribution in [3.8, 4) is 11.1 Å². The molecule has 2 aromatic rings. The van der Waals surface area contributed by atoms with Crippen LogP contribution in [0.5, 0.6) is 0 Å². The Kier molecular flexibility index (Phi) is 8.33. The summed E-state index contributed by atoms with van der Waals surface area (Å²) in [4.78, 5) is 24.0. The molecule has 9 heteroatoms. The molecule has 0 heterocycles. The molecular weight excluding hydrogens is 456 g/mol. The number of carbonyl (C=O) groups is 2. The van der Waals surface area contributed by atoms with E-state index in [9.17, 15) is 18.0 Å². The van der Waals surface area contributed by atoms with Crippen molar-refractivity contribution in [2.75, 3.05) is 26.0 Å². The number of ether oxygens (including phenoxy) is 1. The fourth-order valence-electron chi connectivity index (χ4n) is 4.65. The molecule has 184 valence electrons. The number of nitrogens with one attached hydrogen (secondary N) is 1. The van der Waals surface area contributed by atoms with Crippen LogP contribution in [-0.2, 0) is 19.6 Å². The van der Waals surface area contributed by atoms with Gasteiger partial charge in [-0.05, 0) is 28.2 Å².